The van der Waals surface area contributed by atoms with Crippen molar-refractivity contribution in [1.29, 1.82) is 0 Å². The number of hydrogen-bond donors (Lipinski definition) is 2. The Balaban J connectivity index is 1.73. The van der Waals surface area contributed by atoms with Crippen molar-refractivity contribution in [2.45, 2.75) is 51.5 Å². The van der Waals surface area contributed by atoms with Gasteiger partial charge >= 0.3 is 0 Å². The molecule has 1 saturated carbocycles. The van der Waals surface area contributed by atoms with Gasteiger partial charge < -0.3 is 10.6 Å². The number of carbonyl (C=O) groups excluding carboxylic acids is 1. The third-order valence-electron chi connectivity index (χ3n) is 4.36. The number of carbonyl (C=O) groups is 1. The van der Waals surface area contributed by atoms with Gasteiger partial charge in [0, 0.05) is 17.4 Å². The lowest BCUT2D eigenvalue weighted by Gasteiger charge is -2.16. The Morgan fingerprint density at radius 3 is 2.60 bits per heavy atom. The zero-order valence-corrected chi connectivity index (χ0v) is 14.4. The van der Waals surface area contributed by atoms with Gasteiger partial charge in [-0.25, -0.2) is 14.4 Å². The maximum absolute atomic E-state index is 13.3. The summed E-state index contributed by atoms with van der Waals surface area (Å²) in [4.78, 5) is 21.1. The number of amides is 1. The fourth-order valence-electron chi connectivity index (χ4n) is 3.12. The van der Waals surface area contributed by atoms with E-state index in [1.54, 1.807) is 25.1 Å². The Labute approximate surface area is 147 Å². The molecule has 0 radical (unpaired) electrons. The minimum absolute atomic E-state index is 0.181. The highest BCUT2D eigenvalue weighted by molar-refractivity contribution is 5.92. The predicted octanol–water partition coefficient (Wildman–Crippen LogP) is 4.12. The van der Waals surface area contributed by atoms with Crippen LogP contribution in [0.5, 0.6) is 0 Å². The van der Waals surface area contributed by atoms with E-state index in [1.165, 1.54) is 25.0 Å². The fourth-order valence-corrected chi connectivity index (χ4v) is 3.12. The molecule has 1 fully saturated rings. The lowest BCUT2D eigenvalue weighted by Crippen LogP contribution is -2.35. The number of nitrogens with one attached hydrogen (secondary N) is 2. The average Bonchev–Trinajstić information content (AvgIpc) is 2.83. The quantitative estimate of drug-likeness (QED) is 0.820. The van der Waals surface area contributed by atoms with Crippen LogP contribution in [-0.4, -0.2) is 21.9 Å². The van der Waals surface area contributed by atoms with Crippen LogP contribution < -0.4 is 10.6 Å². The van der Waals surface area contributed by atoms with Crippen LogP contribution in [-0.2, 0) is 0 Å². The van der Waals surface area contributed by atoms with E-state index in [9.17, 15) is 9.18 Å². The molecule has 1 heterocycles. The first-order valence-corrected chi connectivity index (χ1v) is 8.79. The smallest absolute Gasteiger partial charge is 0.270 e. The molecule has 3 rings (SSSR count). The maximum atomic E-state index is 13.3. The van der Waals surface area contributed by atoms with Gasteiger partial charge in [0.1, 0.15) is 11.5 Å². The lowest BCUT2D eigenvalue weighted by molar-refractivity contribution is 0.0928. The molecule has 1 aromatic heterocycles. The van der Waals surface area contributed by atoms with E-state index in [2.05, 4.69) is 20.6 Å². The number of aryl methyl sites for hydroxylation is 1. The summed E-state index contributed by atoms with van der Waals surface area (Å²) in [5.41, 5.74) is 1.55. The molecule has 2 N–H and O–H groups in total. The van der Waals surface area contributed by atoms with E-state index >= 15 is 0 Å². The molecule has 0 unspecified atom stereocenters. The number of nitrogens with zero attached hydrogens (tertiary/aromatic N) is 2. The van der Waals surface area contributed by atoms with Gasteiger partial charge in [-0.2, -0.15) is 0 Å². The molecule has 0 saturated heterocycles. The van der Waals surface area contributed by atoms with Crippen molar-refractivity contribution in [1.82, 2.24) is 15.3 Å². The fraction of sp³-hybridized carbons (Fsp3) is 0.421. The van der Waals surface area contributed by atoms with Gasteiger partial charge in [0.25, 0.3) is 5.91 Å². The normalized spacial score (nSPS) is 15.4. The summed E-state index contributed by atoms with van der Waals surface area (Å²) in [6.45, 7) is 1.81. The molecule has 0 spiro atoms. The zero-order valence-electron chi connectivity index (χ0n) is 14.4. The Hall–Kier alpha value is -2.50. The first-order chi connectivity index (χ1) is 12.1. The molecule has 25 heavy (non-hydrogen) atoms. The highest BCUT2D eigenvalue weighted by Gasteiger charge is 2.17. The summed E-state index contributed by atoms with van der Waals surface area (Å²) < 4.78 is 13.3. The summed E-state index contributed by atoms with van der Waals surface area (Å²) >= 11 is 0. The van der Waals surface area contributed by atoms with Crippen LogP contribution in [0.2, 0.25) is 0 Å². The SMILES string of the molecule is Cc1cc(C(=O)NC2CCCCCC2)nc(Nc2cccc(F)c2)n1. The van der Waals surface area contributed by atoms with Gasteiger partial charge in [-0.3, -0.25) is 4.79 Å². The van der Waals surface area contributed by atoms with E-state index in [0.29, 0.717) is 17.1 Å². The van der Waals surface area contributed by atoms with Crippen molar-refractivity contribution in [2.75, 3.05) is 5.32 Å². The van der Waals surface area contributed by atoms with Crippen molar-refractivity contribution in [3.8, 4) is 0 Å². The molecule has 1 aliphatic rings. The maximum Gasteiger partial charge on any atom is 0.270 e. The van der Waals surface area contributed by atoms with Gasteiger partial charge in [0.2, 0.25) is 5.95 Å². The second kappa shape index (κ2) is 8.05. The van der Waals surface area contributed by atoms with Gasteiger partial charge in [-0.15, -0.1) is 0 Å². The van der Waals surface area contributed by atoms with Crippen LogP contribution >= 0.6 is 0 Å². The molecule has 1 aromatic carbocycles. The molecular weight excluding hydrogens is 319 g/mol. The van der Waals surface area contributed by atoms with Crippen LogP contribution in [0.4, 0.5) is 16.0 Å². The number of halogens is 1. The zero-order chi connectivity index (χ0) is 17.6. The monoisotopic (exact) mass is 342 g/mol. The van der Waals surface area contributed by atoms with Crippen molar-refractivity contribution < 1.29 is 9.18 Å². The second-order valence-corrected chi connectivity index (χ2v) is 6.52. The standard InChI is InChI=1S/C19H23FN4O/c1-13-11-17(18(25)22-15-8-4-2-3-5-9-15)24-19(21-13)23-16-10-6-7-14(20)12-16/h6-7,10-12,15H,2-5,8-9H2,1H3,(H,22,25)(H,21,23,24). The summed E-state index contributed by atoms with van der Waals surface area (Å²) in [5.74, 6) is -0.236. The molecular formula is C19H23FN4O. The van der Waals surface area contributed by atoms with Crippen LogP contribution in [0, 0.1) is 12.7 Å². The molecule has 1 aliphatic carbocycles. The second-order valence-electron chi connectivity index (χ2n) is 6.52. The van der Waals surface area contributed by atoms with E-state index in [-0.39, 0.29) is 23.7 Å². The molecule has 1 amide bonds. The third kappa shape index (κ3) is 4.98. The number of anilines is 2. The minimum Gasteiger partial charge on any atom is -0.348 e. The van der Waals surface area contributed by atoms with E-state index in [4.69, 9.17) is 0 Å². The topological polar surface area (TPSA) is 66.9 Å². The molecule has 0 bridgehead atoms. The van der Waals surface area contributed by atoms with Crippen LogP contribution in [0.3, 0.4) is 0 Å². The van der Waals surface area contributed by atoms with Crippen molar-refractivity contribution in [3.05, 3.63) is 47.5 Å². The average molecular weight is 342 g/mol. The van der Waals surface area contributed by atoms with E-state index in [0.717, 1.165) is 25.7 Å². The van der Waals surface area contributed by atoms with Crippen molar-refractivity contribution in [2.24, 2.45) is 0 Å². The Morgan fingerprint density at radius 1 is 1.12 bits per heavy atom. The van der Waals surface area contributed by atoms with Crippen LogP contribution in [0.1, 0.15) is 54.7 Å². The molecule has 2 aromatic rings. The van der Waals surface area contributed by atoms with E-state index in [1.807, 2.05) is 0 Å². The summed E-state index contributed by atoms with van der Waals surface area (Å²) in [5, 5.41) is 6.04. The largest absolute Gasteiger partial charge is 0.348 e. The molecule has 6 heteroatoms. The number of rotatable bonds is 4. The Bertz CT molecular complexity index is 742. The lowest BCUT2D eigenvalue weighted by atomic mass is 10.1. The molecule has 132 valence electrons. The highest BCUT2D eigenvalue weighted by Crippen LogP contribution is 2.18. The molecule has 5 nitrogen and oxygen atoms in total. The van der Waals surface area contributed by atoms with Gasteiger partial charge in [-0.1, -0.05) is 31.7 Å². The van der Waals surface area contributed by atoms with E-state index < -0.39 is 0 Å². The highest BCUT2D eigenvalue weighted by atomic mass is 19.1. The summed E-state index contributed by atoms with van der Waals surface area (Å²) in [7, 11) is 0. The predicted molar refractivity (Wildman–Crippen MR) is 95.4 cm³/mol. The Kier molecular flexibility index (Phi) is 5.58. The van der Waals surface area contributed by atoms with Gasteiger partial charge in [-0.05, 0) is 44.0 Å². The molecule has 0 atom stereocenters. The number of benzene rings is 1. The first-order valence-electron chi connectivity index (χ1n) is 8.79. The van der Waals surface area contributed by atoms with Crippen molar-refractivity contribution in [3.63, 3.8) is 0 Å². The van der Waals surface area contributed by atoms with Gasteiger partial charge in [0.05, 0.1) is 0 Å². The minimum atomic E-state index is -0.344. The first kappa shape index (κ1) is 17.3. The number of aromatic nitrogens is 2. The third-order valence-corrected chi connectivity index (χ3v) is 4.36. The molecule has 0 aliphatic heterocycles. The Morgan fingerprint density at radius 2 is 1.88 bits per heavy atom. The summed E-state index contributed by atoms with van der Waals surface area (Å²) in [6, 6.07) is 7.94. The number of hydrogen-bond acceptors (Lipinski definition) is 4. The van der Waals surface area contributed by atoms with Crippen LogP contribution in [0.15, 0.2) is 30.3 Å². The van der Waals surface area contributed by atoms with Gasteiger partial charge in [0.15, 0.2) is 0 Å². The summed E-state index contributed by atoms with van der Waals surface area (Å²) in [6.07, 6.45) is 6.82. The van der Waals surface area contributed by atoms with Crippen molar-refractivity contribution >= 4 is 17.5 Å². The van der Waals surface area contributed by atoms with Crippen LogP contribution in [0.25, 0.3) is 0 Å².